The first-order valence-corrected chi connectivity index (χ1v) is 8.89. The fourth-order valence-corrected chi connectivity index (χ4v) is 3.62. The lowest BCUT2D eigenvalue weighted by atomic mass is 10.1. The van der Waals surface area contributed by atoms with Crippen LogP contribution in [0.25, 0.3) is 0 Å². The Balaban J connectivity index is 2.16. The molecule has 2 aromatic rings. The topological polar surface area (TPSA) is 72.2 Å². The lowest BCUT2D eigenvalue weighted by molar-refractivity contribution is 0.600. The van der Waals surface area contributed by atoms with Crippen LogP contribution in [0.5, 0.6) is 0 Å². The summed E-state index contributed by atoms with van der Waals surface area (Å²) < 4.78 is 27.8. The zero-order chi connectivity index (χ0) is 15.5. The summed E-state index contributed by atoms with van der Waals surface area (Å²) in [5, 5.41) is 0. The van der Waals surface area contributed by atoms with Crippen molar-refractivity contribution in [1.82, 2.24) is 0 Å². The third-order valence-electron chi connectivity index (χ3n) is 3.07. The molecule has 2 rings (SSSR count). The van der Waals surface area contributed by atoms with Crippen LogP contribution in [-0.2, 0) is 22.3 Å². The molecule has 0 amide bonds. The second-order valence-electron chi connectivity index (χ2n) is 4.82. The van der Waals surface area contributed by atoms with Crippen LogP contribution in [0.15, 0.2) is 46.9 Å². The van der Waals surface area contributed by atoms with Gasteiger partial charge in [0.1, 0.15) is 0 Å². The van der Waals surface area contributed by atoms with Crippen LogP contribution >= 0.6 is 15.9 Å². The molecule has 21 heavy (non-hydrogen) atoms. The van der Waals surface area contributed by atoms with Crippen molar-refractivity contribution < 1.29 is 8.42 Å². The van der Waals surface area contributed by atoms with Crippen LogP contribution in [0, 0.1) is 6.92 Å². The van der Waals surface area contributed by atoms with Crippen molar-refractivity contribution in [2.45, 2.75) is 19.2 Å². The molecular formula is C15H17BrN2O2S. The third kappa shape index (κ3) is 4.30. The number of aryl methyl sites for hydroxylation is 1. The minimum absolute atomic E-state index is 0.0712. The van der Waals surface area contributed by atoms with Gasteiger partial charge in [-0.1, -0.05) is 36.4 Å². The average molecular weight is 369 g/mol. The van der Waals surface area contributed by atoms with Crippen molar-refractivity contribution in [2.24, 2.45) is 5.73 Å². The average Bonchev–Trinajstić information content (AvgIpc) is 2.44. The molecule has 0 aromatic heterocycles. The van der Waals surface area contributed by atoms with Gasteiger partial charge < -0.3 is 5.73 Å². The number of benzene rings is 2. The van der Waals surface area contributed by atoms with Crippen LogP contribution in [-0.4, -0.2) is 8.42 Å². The van der Waals surface area contributed by atoms with Crippen molar-refractivity contribution in [3.05, 3.63) is 63.6 Å². The summed E-state index contributed by atoms with van der Waals surface area (Å²) in [4.78, 5) is 0. The minimum Gasteiger partial charge on any atom is -0.326 e. The summed E-state index contributed by atoms with van der Waals surface area (Å²) in [5.41, 5.74) is 8.75. The molecule has 0 saturated carbocycles. The van der Waals surface area contributed by atoms with Gasteiger partial charge in [0, 0.05) is 11.0 Å². The Labute approximate surface area is 133 Å². The molecule has 0 fully saturated rings. The minimum atomic E-state index is -3.46. The number of halogens is 1. The first kappa shape index (κ1) is 16.0. The molecule has 0 aliphatic carbocycles. The number of sulfonamides is 1. The molecule has 0 saturated heterocycles. The van der Waals surface area contributed by atoms with Gasteiger partial charge in [0.05, 0.1) is 11.4 Å². The van der Waals surface area contributed by atoms with E-state index in [-0.39, 0.29) is 5.75 Å². The lowest BCUT2D eigenvalue weighted by Crippen LogP contribution is -2.15. The van der Waals surface area contributed by atoms with E-state index in [4.69, 9.17) is 5.73 Å². The van der Waals surface area contributed by atoms with Crippen molar-refractivity contribution in [3.63, 3.8) is 0 Å². The Hall–Kier alpha value is -1.37. The van der Waals surface area contributed by atoms with Crippen molar-refractivity contribution in [3.8, 4) is 0 Å². The van der Waals surface area contributed by atoms with Gasteiger partial charge in [-0.15, -0.1) is 0 Å². The maximum atomic E-state index is 12.2. The van der Waals surface area contributed by atoms with E-state index in [1.165, 1.54) is 0 Å². The molecule has 0 aliphatic rings. The summed E-state index contributed by atoms with van der Waals surface area (Å²) in [7, 11) is -3.46. The zero-order valence-electron chi connectivity index (χ0n) is 11.6. The van der Waals surface area contributed by atoms with Gasteiger partial charge in [0.2, 0.25) is 10.0 Å². The van der Waals surface area contributed by atoms with E-state index in [0.717, 1.165) is 21.2 Å². The first-order chi connectivity index (χ1) is 9.91. The van der Waals surface area contributed by atoms with Crippen LogP contribution in [0.3, 0.4) is 0 Å². The predicted molar refractivity (Wildman–Crippen MR) is 89.5 cm³/mol. The van der Waals surface area contributed by atoms with Gasteiger partial charge in [-0.25, -0.2) is 8.42 Å². The molecule has 0 spiro atoms. The Morgan fingerprint density at radius 1 is 1.10 bits per heavy atom. The first-order valence-electron chi connectivity index (χ1n) is 6.45. The Morgan fingerprint density at radius 2 is 1.71 bits per heavy atom. The molecule has 0 aliphatic heterocycles. The van der Waals surface area contributed by atoms with E-state index in [1.54, 1.807) is 18.2 Å². The molecule has 2 aromatic carbocycles. The number of hydrogen-bond acceptors (Lipinski definition) is 3. The quantitative estimate of drug-likeness (QED) is 0.851. The number of nitrogens with one attached hydrogen (secondary N) is 1. The maximum Gasteiger partial charge on any atom is 0.236 e. The van der Waals surface area contributed by atoms with E-state index in [0.29, 0.717) is 12.2 Å². The van der Waals surface area contributed by atoms with Gasteiger partial charge in [-0.3, -0.25) is 4.72 Å². The van der Waals surface area contributed by atoms with Gasteiger partial charge in [0.15, 0.2) is 0 Å². The van der Waals surface area contributed by atoms with Gasteiger partial charge in [-0.05, 0) is 45.6 Å². The van der Waals surface area contributed by atoms with E-state index >= 15 is 0 Å². The lowest BCUT2D eigenvalue weighted by Gasteiger charge is -2.11. The Kier molecular flexibility index (Phi) is 5.03. The molecule has 3 N–H and O–H groups in total. The Morgan fingerprint density at radius 3 is 2.33 bits per heavy atom. The van der Waals surface area contributed by atoms with E-state index in [9.17, 15) is 8.42 Å². The van der Waals surface area contributed by atoms with E-state index in [1.807, 2.05) is 31.2 Å². The molecule has 4 nitrogen and oxygen atoms in total. The standard InChI is InChI=1S/C15H17BrN2O2S/c1-11-3-2-4-14(15(11)16)18-21(19,20)10-13-7-5-12(9-17)6-8-13/h2-8,18H,9-10,17H2,1H3. The van der Waals surface area contributed by atoms with E-state index < -0.39 is 10.0 Å². The molecular weight excluding hydrogens is 352 g/mol. The number of anilines is 1. The molecule has 0 atom stereocenters. The zero-order valence-corrected chi connectivity index (χ0v) is 14.0. The highest BCUT2D eigenvalue weighted by Crippen LogP contribution is 2.27. The molecule has 0 unspecified atom stereocenters. The summed E-state index contributed by atoms with van der Waals surface area (Å²) in [6, 6.07) is 12.7. The summed E-state index contributed by atoms with van der Waals surface area (Å²) in [6.45, 7) is 2.36. The van der Waals surface area contributed by atoms with Gasteiger partial charge in [-0.2, -0.15) is 0 Å². The summed E-state index contributed by atoms with van der Waals surface area (Å²) in [6.07, 6.45) is 0. The van der Waals surface area contributed by atoms with E-state index in [2.05, 4.69) is 20.7 Å². The molecule has 6 heteroatoms. The van der Waals surface area contributed by atoms with Gasteiger partial charge in [0.25, 0.3) is 0 Å². The number of nitrogens with two attached hydrogens (primary N) is 1. The normalized spacial score (nSPS) is 11.4. The summed E-state index contributed by atoms with van der Waals surface area (Å²) >= 11 is 3.40. The maximum absolute atomic E-state index is 12.2. The van der Waals surface area contributed by atoms with Crippen LogP contribution in [0.4, 0.5) is 5.69 Å². The van der Waals surface area contributed by atoms with Crippen LogP contribution < -0.4 is 10.5 Å². The second-order valence-corrected chi connectivity index (χ2v) is 7.33. The van der Waals surface area contributed by atoms with Crippen LogP contribution in [0.2, 0.25) is 0 Å². The van der Waals surface area contributed by atoms with Crippen molar-refractivity contribution in [1.29, 1.82) is 0 Å². The van der Waals surface area contributed by atoms with Crippen LogP contribution in [0.1, 0.15) is 16.7 Å². The number of hydrogen-bond donors (Lipinski definition) is 2. The number of rotatable bonds is 5. The molecule has 0 bridgehead atoms. The largest absolute Gasteiger partial charge is 0.326 e. The van der Waals surface area contributed by atoms with Crippen molar-refractivity contribution in [2.75, 3.05) is 4.72 Å². The highest BCUT2D eigenvalue weighted by molar-refractivity contribution is 9.10. The van der Waals surface area contributed by atoms with Gasteiger partial charge >= 0.3 is 0 Å². The monoisotopic (exact) mass is 368 g/mol. The summed E-state index contributed by atoms with van der Waals surface area (Å²) in [5.74, 6) is -0.0712. The van der Waals surface area contributed by atoms with Crippen molar-refractivity contribution >= 4 is 31.6 Å². The fraction of sp³-hybridized carbons (Fsp3) is 0.200. The Bertz CT molecular complexity index is 728. The molecule has 0 heterocycles. The third-order valence-corrected chi connectivity index (χ3v) is 5.37. The highest BCUT2D eigenvalue weighted by Gasteiger charge is 2.14. The molecule has 112 valence electrons. The SMILES string of the molecule is Cc1cccc(NS(=O)(=O)Cc2ccc(CN)cc2)c1Br. The highest BCUT2D eigenvalue weighted by atomic mass is 79.9. The predicted octanol–water partition coefficient (Wildman–Crippen LogP) is 3.16. The smallest absolute Gasteiger partial charge is 0.236 e. The molecule has 0 radical (unpaired) electrons. The fourth-order valence-electron chi connectivity index (χ4n) is 1.92. The second kappa shape index (κ2) is 6.60.